The maximum atomic E-state index is 9.01. The number of hydrogen-bond donors (Lipinski definition) is 1. The monoisotopic (exact) mass is 302 g/mol. The summed E-state index contributed by atoms with van der Waals surface area (Å²) in [6.07, 6.45) is 1.34. The molecule has 7 heteroatoms. The van der Waals surface area contributed by atoms with Crippen LogP contribution in [-0.4, -0.2) is 40.4 Å². The van der Waals surface area contributed by atoms with Crippen molar-refractivity contribution in [1.82, 2.24) is 15.0 Å². The van der Waals surface area contributed by atoms with E-state index in [4.69, 9.17) is 19.8 Å². The third-order valence-electron chi connectivity index (χ3n) is 3.14. The Kier molecular flexibility index (Phi) is 5.74. The van der Waals surface area contributed by atoms with Gasteiger partial charge in [0.05, 0.1) is 32.6 Å². The number of methoxy groups -OCH3 is 1. The molecule has 0 unspecified atom stereocenters. The molecular formula is C15H18N4O3. The summed E-state index contributed by atoms with van der Waals surface area (Å²) in [5.74, 6) is 1.55. The molecule has 0 saturated heterocycles. The Morgan fingerprint density at radius 1 is 1.27 bits per heavy atom. The largest absolute Gasteiger partial charge is 0.497 e. The Labute approximate surface area is 128 Å². The van der Waals surface area contributed by atoms with Gasteiger partial charge in [0.15, 0.2) is 5.69 Å². The van der Waals surface area contributed by atoms with Gasteiger partial charge in [-0.1, -0.05) is 5.21 Å². The molecule has 1 heterocycles. The van der Waals surface area contributed by atoms with Crippen LogP contribution in [0.4, 0.5) is 0 Å². The molecule has 0 bridgehead atoms. The number of rotatable bonds is 8. The number of benzene rings is 1. The molecule has 2 aromatic rings. The second-order valence-electron chi connectivity index (χ2n) is 4.57. The third kappa shape index (κ3) is 3.96. The highest BCUT2D eigenvalue weighted by Gasteiger charge is 2.11. The van der Waals surface area contributed by atoms with Crippen LogP contribution in [-0.2, 0) is 13.0 Å². The molecule has 0 radical (unpaired) electrons. The minimum atomic E-state index is -0.0381. The molecule has 116 valence electrons. The number of nitrogens with zero attached hydrogens (tertiary/aromatic N) is 4. The van der Waals surface area contributed by atoms with Crippen molar-refractivity contribution in [3.63, 3.8) is 0 Å². The Morgan fingerprint density at radius 2 is 2.00 bits per heavy atom. The maximum absolute atomic E-state index is 9.01. The highest BCUT2D eigenvalue weighted by Crippen LogP contribution is 2.17. The van der Waals surface area contributed by atoms with E-state index in [1.54, 1.807) is 11.8 Å². The highest BCUT2D eigenvalue weighted by molar-refractivity contribution is 5.31. The molecule has 0 fully saturated rings. The lowest BCUT2D eigenvalue weighted by atomic mass is 10.2. The Hall–Kier alpha value is -2.59. The molecule has 7 nitrogen and oxygen atoms in total. The maximum Gasteiger partial charge on any atom is 0.185 e. The van der Waals surface area contributed by atoms with Gasteiger partial charge < -0.3 is 14.6 Å². The molecule has 0 aliphatic rings. The molecule has 22 heavy (non-hydrogen) atoms. The highest BCUT2D eigenvalue weighted by atomic mass is 16.5. The first-order chi connectivity index (χ1) is 10.8. The van der Waals surface area contributed by atoms with E-state index in [-0.39, 0.29) is 6.61 Å². The van der Waals surface area contributed by atoms with Crippen LogP contribution in [0.5, 0.6) is 11.5 Å². The Bertz CT molecular complexity index is 631. The first kappa shape index (κ1) is 15.8. The second-order valence-corrected chi connectivity index (χ2v) is 4.57. The van der Waals surface area contributed by atoms with Crippen molar-refractivity contribution in [2.24, 2.45) is 0 Å². The van der Waals surface area contributed by atoms with E-state index in [1.165, 1.54) is 0 Å². The van der Waals surface area contributed by atoms with Crippen LogP contribution >= 0.6 is 0 Å². The molecule has 0 aliphatic heterocycles. The lowest BCUT2D eigenvalue weighted by Crippen LogP contribution is -2.10. The summed E-state index contributed by atoms with van der Waals surface area (Å²) < 4.78 is 12.3. The predicted octanol–water partition coefficient (Wildman–Crippen LogP) is 1.16. The normalized spacial score (nSPS) is 10.2. The van der Waals surface area contributed by atoms with Gasteiger partial charge in [0.2, 0.25) is 0 Å². The van der Waals surface area contributed by atoms with E-state index >= 15 is 0 Å². The fraction of sp³-hybridized carbons (Fsp3) is 0.400. The van der Waals surface area contributed by atoms with Gasteiger partial charge in [-0.25, -0.2) is 4.68 Å². The van der Waals surface area contributed by atoms with Crippen molar-refractivity contribution >= 4 is 0 Å². The zero-order valence-corrected chi connectivity index (χ0v) is 12.4. The van der Waals surface area contributed by atoms with Crippen LogP contribution in [0.25, 0.3) is 0 Å². The van der Waals surface area contributed by atoms with Crippen LogP contribution in [0.2, 0.25) is 0 Å². The van der Waals surface area contributed by atoms with Gasteiger partial charge in [0, 0.05) is 0 Å². The van der Waals surface area contributed by atoms with Crippen LogP contribution in [0.1, 0.15) is 17.8 Å². The van der Waals surface area contributed by atoms with Crippen LogP contribution in [0.15, 0.2) is 24.3 Å². The summed E-state index contributed by atoms with van der Waals surface area (Å²) >= 11 is 0. The second kappa shape index (κ2) is 8.00. The van der Waals surface area contributed by atoms with Crippen molar-refractivity contribution in [3.8, 4) is 17.6 Å². The lowest BCUT2D eigenvalue weighted by Gasteiger charge is -2.08. The van der Waals surface area contributed by atoms with Crippen molar-refractivity contribution in [2.45, 2.75) is 19.4 Å². The minimum absolute atomic E-state index is 0.0381. The Balaban J connectivity index is 1.85. The third-order valence-corrected chi connectivity index (χ3v) is 3.14. The first-order valence-electron chi connectivity index (χ1n) is 6.98. The Morgan fingerprint density at radius 3 is 2.64 bits per heavy atom. The van der Waals surface area contributed by atoms with Gasteiger partial charge in [-0.3, -0.25) is 0 Å². The van der Waals surface area contributed by atoms with Crippen molar-refractivity contribution in [3.05, 3.63) is 35.7 Å². The van der Waals surface area contributed by atoms with E-state index in [9.17, 15) is 0 Å². The summed E-state index contributed by atoms with van der Waals surface area (Å²) in [6, 6.07) is 9.38. The summed E-state index contributed by atoms with van der Waals surface area (Å²) in [5, 5.41) is 25.7. The van der Waals surface area contributed by atoms with Crippen LogP contribution in [0, 0.1) is 11.3 Å². The molecule has 1 N–H and O–H groups in total. The smallest absolute Gasteiger partial charge is 0.185 e. The molecular weight excluding hydrogens is 284 g/mol. The molecule has 2 rings (SSSR count). The summed E-state index contributed by atoms with van der Waals surface area (Å²) in [5.41, 5.74) is 1.03. The average Bonchev–Trinajstić information content (AvgIpc) is 2.94. The van der Waals surface area contributed by atoms with E-state index < -0.39 is 0 Å². The number of nitriles is 1. The quantitative estimate of drug-likeness (QED) is 0.736. The van der Waals surface area contributed by atoms with E-state index in [0.717, 1.165) is 23.6 Å². The number of ether oxygens (including phenoxy) is 2. The minimum Gasteiger partial charge on any atom is -0.497 e. The van der Waals surface area contributed by atoms with Gasteiger partial charge in [0.1, 0.15) is 17.6 Å². The summed E-state index contributed by atoms with van der Waals surface area (Å²) in [6.45, 7) is 0.814. The molecule has 0 saturated carbocycles. The molecule has 0 spiro atoms. The predicted molar refractivity (Wildman–Crippen MR) is 78.6 cm³/mol. The first-order valence-corrected chi connectivity index (χ1v) is 6.98. The average molecular weight is 302 g/mol. The van der Waals surface area contributed by atoms with Crippen molar-refractivity contribution < 1.29 is 14.6 Å². The SMILES string of the molecule is COc1ccc(OCCCc2c(C#N)nnn2CCO)cc1. The molecule has 0 aliphatic carbocycles. The topological polar surface area (TPSA) is 93.2 Å². The number of aliphatic hydroxyl groups is 1. The van der Waals surface area contributed by atoms with Crippen LogP contribution in [0.3, 0.4) is 0 Å². The fourth-order valence-corrected chi connectivity index (χ4v) is 2.04. The van der Waals surface area contributed by atoms with Crippen molar-refractivity contribution in [1.29, 1.82) is 5.26 Å². The zero-order valence-electron chi connectivity index (χ0n) is 12.4. The van der Waals surface area contributed by atoms with Gasteiger partial charge in [-0.05, 0) is 37.1 Å². The zero-order chi connectivity index (χ0) is 15.8. The molecule has 0 amide bonds. The van der Waals surface area contributed by atoms with Crippen molar-refractivity contribution in [2.75, 3.05) is 20.3 Å². The van der Waals surface area contributed by atoms with E-state index in [1.807, 2.05) is 30.3 Å². The molecule has 1 aromatic heterocycles. The summed E-state index contributed by atoms with van der Waals surface area (Å²) in [7, 11) is 1.62. The van der Waals surface area contributed by atoms with Gasteiger partial charge in [-0.15, -0.1) is 5.10 Å². The van der Waals surface area contributed by atoms with Crippen LogP contribution < -0.4 is 9.47 Å². The standard InChI is InChI=1S/C15H18N4O3/c1-21-12-4-6-13(7-5-12)22-10-2-3-15-14(11-16)17-18-19(15)8-9-20/h4-7,20H,2-3,8-10H2,1H3. The molecule has 1 aromatic carbocycles. The summed E-state index contributed by atoms with van der Waals surface area (Å²) in [4.78, 5) is 0. The van der Waals surface area contributed by atoms with E-state index in [2.05, 4.69) is 10.3 Å². The molecule has 0 atom stereocenters. The van der Waals surface area contributed by atoms with Gasteiger partial charge in [-0.2, -0.15) is 5.26 Å². The number of aliphatic hydroxyl groups excluding tert-OH is 1. The lowest BCUT2D eigenvalue weighted by molar-refractivity contribution is 0.264. The fourth-order valence-electron chi connectivity index (χ4n) is 2.04. The number of aromatic nitrogens is 3. The van der Waals surface area contributed by atoms with Gasteiger partial charge in [0.25, 0.3) is 0 Å². The number of hydrogen-bond acceptors (Lipinski definition) is 6. The van der Waals surface area contributed by atoms with E-state index in [0.29, 0.717) is 25.3 Å². The van der Waals surface area contributed by atoms with Gasteiger partial charge >= 0.3 is 0 Å².